The molecule has 0 atom stereocenters. The lowest BCUT2D eigenvalue weighted by Crippen LogP contribution is -2.22. The maximum atomic E-state index is 13.7. The number of nitrogens with two attached hydrogens (primary N) is 1. The number of aromatic nitrogens is 5. The maximum absolute atomic E-state index is 13.7. The first kappa shape index (κ1) is 25.6. The second kappa shape index (κ2) is 9.21. The molecule has 36 heavy (non-hydrogen) atoms. The standard InChI is InChI=1S/C22H21ClF3N7O2S/c1-5-32-7-13(9(2)30-32)12-6-14(22(24,25)26)28-21-16(12)18(19(36-21)20(27)35)29-15(34)8-33-11(4)17(23)10(3)31-33/h6-7H,5,8H2,1-4H3,(H2,27,35)(H,29,34). The van der Waals surface area contributed by atoms with Crippen LogP contribution in [-0.4, -0.2) is 36.4 Å². The van der Waals surface area contributed by atoms with Gasteiger partial charge in [-0.25, -0.2) is 4.98 Å². The highest BCUT2D eigenvalue weighted by molar-refractivity contribution is 7.21. The van der Waals surface area contributed by atoms with Crippen molar-refractivity contribution in [2.24, 2.45) is 5.73 Å². The minimum atomic E-state index is -4.74. The molecule has 4 aromatic rings. The van der Waals surface area contributed by atoms with Gasteiger partial charge in [-0.2, -0.15) is 23.4 Å². The number of nitrogens with zero attached hydrogens (tertiary/aromatic N) is 5. The minimum absolute atomic E-state index is 0.0139. The number of nitrogens with one attached hydrogen (secondary N) is 1. The van der Waals surface area contributed by atoms with Gasteiger partial charge in [0.15, 0.2) is 0 Å². The topological polar surface area (TPSA) is 121 Å². The third-order valence-electron chi connectivity index (χ3n) is 5.59. The van der Waals surface area contributed by atoms with Crippen molar-refractivity contribution in [3.8, 4) is 11.1 Å². The first-order valence-corrected chi connectivity index (χ1v) is 11.9. The van der Waals surface area contributed by atoms with Gasteiger partial charge in [0.2, 0.25) is 5.91 Å². The highest BCUT2D eigenvalue weighted by Gasteiger charge is 2.35. The summed E-state index contributed by atoms with van der Waals surface area (Å²) in [6.45, 7) is 7.13. The highest BCUT2D eigenvalue weighted by atomic mass is 35.5. The van der Waals surface area contributed by atoms with E-state index in [-0.39, 0.29) is 32.9 Å². The molecule has 0 bridgehead atoms. The van der Waals surface area contributed by atoms with Crippen molar-refractivity contribution in [2.45, 2.75) is 47.0 Å². The molecular formula is C22H21ClF3N7O2S. The third kappa shape index (κ3) is 4.55. The second-order valence-electron chi connectivity index (χ2n) is 8.08. The van der Waals surface area contributed by atoms with Crippen LogP contribution >= 0.6 is 22.9 Å². The van der Waals surface area contributed by atoms with Crippen LogP contribution in [0.4, 0.5) is 18.9 Å². The second-order valence-corrected chi connectivity index (χ2v) is 9.45. The van der Waals surface area contributed by atoms with Crippen molar-refractivity contribution in [3.05, 3.63) is 44.9 Å². The van der Waals surface area contributed by atoms with Crippen molar-refractivity contribution in [1.82, 2.24) is 24.5 Å². The predicted octanol–water partition coefficient (Wildman–Crippen LogP) is 4.71. The number of pyridine rings is 1. The van der Waals surface area contributed by atoms with E-state index in [4.69, 9.17) is 17.3 Å². The molecule has 0 aliphatic heterocycles. The van der Waals surface area contributed by atoms with Crippen LogP contribution in [0.3, 0.4) is 0 Å². The molecular weight excluding hydrogens is 519 g/mol. The lowest BCUT2D eigenvalue weighted by Gasteiger charge is -2.12. The molecule has 190 valence electrons. The van der Waals surface area contributed by atoms with Gasteiger partial charge in [0.1, 0.15) is 21.9 Å². The normalized spacial score (nSPS) is 11.9. The Balaban J connectivity index is 1.91. The van der Waals surface area contributed by atoms with Crippen LogP contribution in [0.15, 0.2) is 12.3 Å². The van der Waals surface area contributed by atoms with E-state index in [1.54, 1.807) is 31.6 Å². The molecule has 0 fully saturated rings. The molecule has 4 aromatic heterocycles. The van der Waals surface area contributed by atoms with E-state index in [2.05, 4.69) is 20.5 Å². The van der Waals surface area contributed by atoms with Crippen molar-refractivity contribution in [1.29, 1.82) is 0 Å². The number of aryl methyl sites for hydroxylation is 3. The number of rotatable bonds is 6. The predicted molar refractivity (Wildman–Crippen MR) is 130 cm³/mol. The van der Waals surface area contributed by atoms with Gasteiger partial charge >= 0.3 is 6.18 Å². The third-order valence-corrected chi connectivity index (χ3v) is 7.23. The van der Waals surface area contributed by atoms with Crippen LogP contribution in [0.1, 0.15) is 39.4 Å². The molecule has 2 amide bonds. The Kier molecular flexibility index (Phi) is 6.56. The number of amides is 2. The number of fused-ring (bicyclic) bond motifs is 1. The maximum Gasteiger partial charge on any atom is 0.433 e. The number of carbonyl (C=O) groups is 2. The summed E-state index contributed by atoms with van der Waals surface area (Å²) in [7, 11) is 0. The van der Waals surface area contributed by atoms with E-state index in [1.165, 1.54) is 4.68 Å². The quantitative estimate of drug-likeness (QED) is 0.367. The summed E-state index contributed by atoms with van der Waals surface area (Å²) in [6.07, 6.45) is -3.14. The molecule has 14 heteroatoms. The number of carbonyl (C=O) groups excluding carboxylic acids is 2. The molecule has 3 N–H and O–H groups in total. The summed E-state index contributed by atoms with van der Waals surface area (Å²) < 4.78 is 44.1. The Labute approximate surface area is 212 Å². The van der Waals surface area contributed by atoms with Crippen molar-refractivity contribution >= 4 is 50.7 Å². The molecule has 4 heterocycles. The first-order valence-electron chi connectivity index (χ1n) is 10.7. The van der Waals surface area contributed by atoms with Crippen LogP contribution in [0.25, 0.3) is 21.3 Å². The molecule has 9 nitrogen and oxygen atoms in total. The largest absolute Gasteiger partial charge is 0.433 e. The molecule has 0 saturated heterocycles. The highest BCUT2D eigenvalue weighted by Crippen LogP contribution is 2.44. The Morgan fingerprint density at radius 1 is 1.17 bits per heavy atom. The van der Waals surface area contributed by atoms with E-state index in [0.29, 0.717) is 45.5 Å². The summed E-state index contributed by atoms with van der Waals surface area (Å²) in [6, 6.07) is 0.889. The Morgan fingerprint density at radius 3 is 2.39 bits per heavy atom. The number of alkyl halides is 3. The SMILES string of the molecule is CCn1cc(-c2cc(C(F)(F)F)nc3sc(C(N)=O)c(NC(=O)Cn4nc(C)c(Cl)c4C)c23)c(C)n1. The molecule has 0 unspecified atom stereocenters. The molecule has 0 aromatic carbocycles. The first-order chi connectivity index (χ1) is 16.8. The van der Waals surface area contributed by atoms with Gasteiger partial charge in [0.25, 0.3) is 5.91 Å². The van der Waals surface area contributed by atoms with Crippen LogP contribution in [0.2, 0.25) is 5.02 Å². The fraction of sp³-hybridized carbons (Fsp3) is 0.318. The Hall–Kier alpha value is -3.45. The van der Waals surface area contributed by atoms with Crippen LogP contribution in [-0.2, 0) is 24.1 Å². The van der Waals surface area contributed by atoms with E-state index >= 15 is 0 Å². The summed E-state index contributed by atoms with van der Waals surface area (Å²) >= 11 is 6.83. The average Bonchev–Trinajstić information content (AvgIpc) is 3.43. The van der Waals surface area contributed by atoms with Gasteiger partial charge < -0.3 is 11.1 Å². The zero-order valence-corrected chi connectivity index (χ0v) is 21.2. The van der Waals surface area contributed by atoms with E-state index in [0.717, 1.165) is 6.07 Å². The summed E-state index contributed by atoms with van der Waals surface area (Å²) in [5.74, 6) is -1.49. The van der Waals surface area contributed by atoms with Gasteiger partial charge in [0, 0.05) is 23.7 Å². The van der Waals surface area contributed by atoms with Gasteiger partial charge in [0.05, 0.1) is 27.8 Å². The van der Waals surface area contributed by atoms with Gasteiger partial charge in [-0.3, -0.25) is 19.0 Å². The Bertz CT molecular complexity index is 1520. The van der Waals surface area contributed by atoms with E-state index < -0.39 is 23.7 Å². The molecule has 0 radical (unpaired) electrons. The van der Waals surface area contributed by atoms with Crippen LogP contribution in [0.5, 0.6) is 0 Å². The molecule has 0 aliphatic carbocycles. The number of hydrogen-bond acceptors (Lipinski definition) is 6. The van der Waals surface area contributed by atoms with Crippen LogP contribution < -0.4 is 11.1 Å². The zero-order valence-electron chi connectivity index (χ0n) is 19.6. The molecule has 0 spiro atoms. The lowest BCUT2D eigenvalue weighted by atomic mass is 10.0. The number of thiophene rings is 1. The van der Waals surface area contributed by atoms with Gasteiger partial charge in [-0.1, -0.05) is 11.6 Å². The smallest absolute Gasteiger partial charge is 0.365 e. The molecule has 0 aliphatic rings. The van der Waals surface area contributed by atoms with Crippen molar-refractivity contribution in [3.63, 3.8) is 0 Å². The number of hydrogen-bond donors (Lipinski definition) is 2. The number of primary amides is 1. The van der Waals surface area contributed by atoms with Crippen LogP contribution in [0, 0.1) is 20.8 Å². The Morgan fingerprint density at radius 2 is 1.86 bits per heavy atom. The molecule has 4 rings (SSSR count). The van der Waals surface area contributed by atoms with Gasteiger partial charge in [-0.05, 0) is 39.3 Å². The number of anilines is 1. The molecule has 0 saturated carbocycles. The van der Waals surface area contributed by atoms with E-state index in [1.807, 2.05) is 6.92 Å². The van der Waals surface area contributed by atoms with Crippen molar-refractivity contribution < 1.29 is 22.8 Å². The average molecular weight is 540 g/mol. The fourth-order valence-electron chi connectivity index (χ4n) is 3.84. The summed E-state index contributed by atoms with van der Waals surface area (Å²) in [4.78, 5) is 28.8. The lowest BCUT2D eigenvalue weighted by molar-refractivity contribution is -0.140. The van der Waals surface area contributed by atoms with Crippen molar-refractivity contribution in [2.75, 3.05) is 5.32 Å². The number of halogens is 4. The zero-order chi connectivity index (χ0) is 26.5. The summed E-state index contributed by atoms with van der Waals surface area (Å²) in [5.41, 5.74) is 6.49. The van der Waals surface area contributed by atoms with E-state index in [9.17, 15) is 22.8 Å². The van der Waals surface area contributed by atoms with Gasteiger partial charge in [-0.15, -0.1) is 11.3 Å². The fourth-order valence-corrected chi connectivity index (χ4v) is 4.98. The summed E-state index contributed by atoms with van der Waals surface area (Å²) in [5, 5.41) is 11.8. The minimum Gasteiger partial charge on any atom is -0.365 e. The monoisotopic (exact) mass is 539 g/mol.